The summed E-state index contributed by atoms with van der Waals surface area (Å²) in [5, 5.41) is 3.55. The van der Waals surface area contributed by atoms with Crippen molar-refractivity contribution in [3.63, 3.8) is 0 Å². The minimum absolute atomic E-state index is 0.732. The number of para-hydroxylation sites is 1. The Kier molecular flexibility index (Phi) is 6.89. The van der Waals surface area contributed by atoms with Crippen molar-refractivity contribution in [1.82, 2.24) is 10.2 Å². The second-order valence-electron chi connectivity index (χ2n) is 7.07. The maximum Gasteiger partial charge on any atom is 0.119 e. The Hall–Kier alpha value is -1.84. The monoisotopic (exact) mass is 338 g/mol. The van der Waals surface area contributed by atoms with Crippen LogP contribution in [0.15, 0.2) is 54.6 Å². The Morgan fingerprint density at radius 3 is 2.60 bits per heavy atom. The number of piperidine rings is 1. The molecule has 0 amide bonds. The van der Waals surface area contributed by atoms with Crippen molar-refractivity contribution < 1.29 is 4.74 Å². The van der Waals surface area contributed by atoms with Crippen LogP contribution in [0.25, 0.3) is 0 Å². The van der Waals surface area contributed by atoms with Crippen LogP contribution in [0.1, 0.15) is 24.0 Å². The fraction of sp³-hybridized carbons (Fsp3) is 0.455. The highest BCUT2D eigenvalue weighted by molar-refractivity contribution is 5.22. The predicted octanol–water partition coefficient (Wildman–Crippen LogP) is 3.88. The third-order valence-electron chi connectivity index (χ3n) is 4.92. The smallest absolute Gasteiger partial charge is 0.119 e. The van der Waals surface area contributed by atoms with Crippen LogP contribution in [0.4, 0.5) is 0 Å². The van der Waals surface area contributed by atoms with Gasteiger partial charge in [0.05, 0.1) is 0 Å². The van der Waals surface area contributed by atoms with Crippen LogP contribution in [-0.4, -0.2) is 37.7 Å². The first-order valence-electron chi connectivity index (χ1n) is 9.46. The maximum absolute atomic E-state index is 5.72. The summed E-state index contributed by atoms with van der Waals surface area (Å²) in [4.78, 5) is 2.59. The third kappa shape index (κ3) is 6.18. The topological polar surface area (TPSA) is 24.5 Å². The summed E-state index contributed by atoms with van der Waals surface area (Å²) < 4.78 is 5.72. The molecule has 0 aromatic heterocycles. The molecule has 1 N–H and O–H groups in total. The molecule has 25 heavy (non-hydrogen) atoms. The Balaban J connectivity index is 1.28. The van der Waals surface area contributed by atoms with Crippen molar-refractivity contribution in [2.45, 2.75) is 26.3 Å². The van der Waals surface area contributed by atoms with Gasteiger partial charge in [-0.25, -0.2) is 0 Å². The molecule has 0 saturated carbocycles. The summed E-state index contributed by atoms with van der Waals surface area (Å²) in [5.74, 6) is 1.75. The first-order chi connectivity index (χ1) is 12.3. The van der Waals surface area contributed by atoms with E-state index in [2.05, 4.69) is 41.4 Å². The van der Waals surface area contributed by atoms with E-state index in [-0.39, 0.29) is 0 Å². The standard InChI is InChI=1S/C22H30N2O/c1-19-6-5-7-21(16-19)18-24-13-10-20(11-14-24)17-23-12-15-25-22-8-3-2-4-9-22/h2-9,16,20,23H,10-15,17-18H2,1H3. The minimum atomic E-state index is 0.732. The van der Waals surface area contributed by atoms with Crippen molar-refractivity contribution in [2.24, 2.45) is 5.92 Å². The van der Waals surface area contributed by atoms with Crippen LogP contribution >= 0.6 is 0 Å². The number of ether oxygens (including phenoxy) is 1. The summed E-state index contributed by atoms with van der Waals surface area (Å²) >= 11 is 0. The van der Waals surface area contributed by atoms with Gasteiger partial charge < -0.3 is 10.1 Å². The number of rotatable bonds is 8. The molecule has 0 radical (unpaired) electrons. The van der Waals surface area contributed by atoms with E-state index in [1.807, 2.05) is 30.3 Å². The lowest BCUT2D eigenvalue weighted by molar-refractivity contribution is 0.174. The van der Waals surface area contributed by atoms with E-state index in [9.17, 15) is 0 Å². The zero-order valence-corrected chi connectivity index (χ0v) is 15.3. The molecule has 1 saturated heterocycles. The van der Waals surface area contributed by atoms with Gasteiger partial charge in [0.15, 0.2) is 0 Å². The summed E-state index contributed by atoms with van der Waals surface area (Å²) in [6, 6.07) is 18.9. The number of benzene rings is 2. The van der Waals surface area contributed by atoms with Crippen LogP contribution in [0.2, 0.25) is 0 Å². The largest absolute Gasteiger partial charge is 0.492 e. The molecule has 1 aliphatic heterocycles. The van der Waals surface area contributed by atoms with Crippen LogP contribution in [-0.2, 0) is 6.54 Å². The minimum Gasteiger partial charge on any atom is -0.492 e. The number of hydrogen-bond donors (Lipinski definition) is 1. The van der Waals surface area contributed by atoms with Gasteiger partial charge >= 0.3 is 0 Å². The lowest BCUT2D eigenvalue weighted by Gasteiger charge is -2.32. The van der Waals surface area contributed by atoms with E-state index in [0.717, 1.165) is 37.9 Å². The van der Waals surface area contributed by atoms with Gasteiger partial charge in [-0.15, -0.1) is 0 Å². The molecule has 0 atom stereocenters. The van der Waals surface area contributed by atoms with Gasteiger partial charge in [0.1, 0.15) is 12.4 Å². The van der Waals surface area contributed by atoms with Crippen LogP contribution in [0.3, 0.4) is 0 Å². The van der Waals surface area contributed by atoms with Gasteiger partial charge in [0.2, 0.25) is 0 Å². The zero-order chi connectivity index (χ0) is 17.3. The molecule has 0 aliphatic carbocycles. The molecule has 0 unspecified atom stereocenters. The summed E-state index contributed by atoms with van der Waals surface area (Å²) in [6.07, 6.45) is 2.58. The van der Waals surface area contributed by atoms with Crippen LogP contribution in [0, 0.1) is 12.8 Å². The average Bonchev–Trinajstić information content (AvgIpc) is 2.64. The Labute approximate surface area is 152 Å². The average molecular weight is 338 g/mol. The highest BCUT2D eigenvalue weighted by Gasteiger charge is 2.18. The lowest BCUT2D eigenvalue weighted by atomic mass is 9.96. The van der Waals surface area contributed by atoms with Crippen molar-refractivity contribution in [1.29, 1.82) is 0 Å². The Bertz CT molecular complexity index is 621. The normalized spacial score (nSPS) is 16.0. The quantitative estimate of drug-likeness (QED) is 0.739. The molecular formula is C22H30N2O. The molecular weight excluding hydrogens is 308 g/mol. The number of nitrogens with one attached hydrogen (secondary N) is 1. The summed E-state index contributed by atoms with van der Waals surface area (Å²) in [5.41, 5.74) is 2.80. The maximum atomic E-state index is 5.72. The molecule has 3 nitrogen and oxygen atoms in total. The molecule has 3 rings (SSSR count). The molecule has 2 aromatic carbocycles. The first kappa shape index (κ1) is 18.0. The van der Waals surface area contributed by atoms with Crippen LogP contribution in [0.5, 0.6) is 5.75 Å². The van der Waals surface area contributed by atoms with Gasteiger partial charge in [0, 0.05) is 13.1 Å². The van der Waals surface area contributed by atoms with E-state index in [0.29, 0.717) is 0 Å². The Morgan fingerprint density at radius 2 is 1.84 bits per heavy atom. The number of likely N-dealkylation sites (tertiary alicyclic amines) is 1. The fourth-order valence-electron chi connectivity index (χ4n) is 3.48. The van der Waals surface area contributed by atoms with Crippen molar-refractivity contribution >= 4 is 0 Å². The van der Waals surface area contributed by atoms with Gasteiger partial charge in [-0.05, 0) is 63.0 Å². The van der Waals surface area contributed by atoms with Gasteiger partial charge in [-0.1, -0.05) is 48.0 Å². The van der Waals surface area contributed by atoms with E-state index in [1.54, 1.807) is 0 Å². The third-order valence-corrected chi connectivity index (χ3v) is 4.92. The van der Waals surface area contributed by atoms with E-state index < -0.39 is 0 Å². The predicted molar refractivity (Wildman–Crippen MR) is 104 cm³/mol. The zero-order valence-electron chi connectivity index (χ0n) is 15.3. The van der Waals surface area contributed by atoms with E-state index in [1.165, 1.54) is 37.1 Å². The number of aryl methyl sites for hydroxylation is 1. The molecule has 0 bridgehead atoms. The lowest BCUT2D eigenvalue weighted by Crippen LogP contribution is -2.37. The molecule has 1 aliphatic rings. The van der Waals surface area contributed by atoms with Crippen LogP contribution < -0.4 is 10.1 Å². The molecule has 134 valence electrons. The van der Waals surface area contributed by atoms with Crippen molar-refractivity contribution in [2.75, 3.05) is 32.8 Å². The highest BCUT2D eigenvalue weighted by Crippen LogP contribution is 2.18. The second-order valence-corrected chi connectivity index (χ2v) is 7.07. The fourth-order valence-corrected chi connectivity index (χ4v) is 3.48. The number of hydrogen-bond acceptors (Lipinski definition) is 3. The first-order valence-corrected chi connectivity index (χ1v) is 9.46. The summed E-state index contributed by atoms with van der Waals surface area (Å²) in [7, 11) is 0. The number of nitrogens with zero attached hydrogens (tertiary/aromatic N) is 1. The van der Waals surface area contributed by atoms with E-state index in [4.69, 9.17) is 4.74 Å². The SMILES string of the molecule is Cc1cccc(CN2CCC(CNCCOc3ccccc3)CC2)c1. The second kappa shape index (κ2) is 9.59. The van der Waals surface area contributed by atoms with Gasteiger partial charge in [-0.2, -0.15) is 0 Å². The molecule has 1 heterocycles. The molecule has 3 heteroatoms. The molecule has 0 spiro atoms. The van der Waals surface area contributed by atoms with Crippen molar-refractivity contribution in [3.05, 3.63) is 65.7 Å². The Morgan fingerprint density at radius 1 is 1.04 bits per heavy atom. The van der Waals surface area contributed by atoms with E-state index >= 15 is 0 Å². The van der Waals surface area contributed by atoms with Crippen molar-refractivity contribution in [3.8, 4) is 5.75 Å². The summed E-state index contributed by atoms with van der Waals surface area (Å²) in [6.45, 7) is 8.43. The molecule has 2 aromatic rings. The highest BCUT2D eigenvalue weighted by atomic mass is 16.5. The van der Waals surface area contributed by atoms with Gasteiger partial charge in [0.25, 0.3) is 0 Å². The van der Waals surface area contributed by atoms with Gasteiger partial charge in [-0.3, -0.25) is 4.90 Å². The molecule has 1 fully saturated rings.